The number of aromatic nitrogens is 1. The van der Waals surface area contributed by atoms with Gasteiger partial charge in [0.25, 0.3) is 0 Å². The molecule has 1 aliphatic rings. The van der Waals surface area contributed by atoms with Crippen molar-refractivity contribution in [3.05, 3.63) is 18.5 Å². The molecule has 94 valence electrons. The van der Waals surface area contributed by atoms with E-state index < -0.39 is 0 Å². The van der Waals surface area contributed by atoms with Crippen molar-refractivity contribution < 1.29 is 4.74 Å². The van der Waals surface area contributed by atoms with Gasteiger partial charge in [-0.05, 0) is 19.4 Å². The minimum Gasteiger partial charge on any atom is -0.492 e. The third kappa shape index (κ3) is 3.60. The van der Waals surface area contributed by atoms with Gasteiger partial charge in [0.2, 0.25) is 0 Å². The van der Waals surface area contributed by atoms with Gasteiger partial charge in [0.15, 0.2) is 0 Å². The van der Waals surface area contributed by atoms with Crippen molar-refractivity contribution in [1.82, 2.24) is 10.3 Å². The van der Waals surface area contributed by atoms with E-state index in [9.17, 15) is 0 Å². The molecule has 2 rings (SSSR count). The molecule has 1 saturated heterocycles. The highest BCUT2D eigenvalue weighted by Crippen LogP contribution is 2.20. The van der Waals surface area contributed by atoms with Crippen LogP contribution >= 0.6 is 0 Å². The fourth-order valence-electron chi connectivity index (χ4n) is 1.98. The van der Waals surface area contributed by atoms with Gasteiger partial charge in [0.05, 0.1) is 24.7 Å². The highest BCUT2D eigenvalue weighted by Gasteiger charge is 2.10. The first-order valence-electron chi connectivity index (χ1n) is 6.43. The van der Waals surface area contributed by atoms with E-state index in [0.717, 1.165) is 45.0 Å². The molecule has 17 heavy (non-hydrogen) atoms. The van der Waals surface area contributed by atoms with Crippen molar-refractivity contribution >= 4 is 5.69 Å². The number of rotatable bonds is 4. The monoisotopic (exact) mass is 235 g/mol. The molecule has 0 aromatic carbocycles. The Kier molecular flexibility index (Phi) is 4.62. The van der Waals surface area contributed by atoms with Crippen molar-refractivity contribution in [3.63, 3.8) is 0 Å². The second-order valence-corrected chi connectivity index (χ2v) is 4.32. The SMILES string of the molecule is CCCOc1cncc(N2CCCNCC2)c1. The van der Waals surface area contributed by atoms with E-state index in [0.29, 0.717) is 0 Å². The Bertz CT molecular complexity index is 335. The molecule has 0 unspecified atom stereocenters. The standard InChI is InChI=1S/C13H21N3O/c1-2-8-17-13-9-12(10-15-11-13)16-6-3-4-14-5-7-16/h9-11,14H,2-8H2,1H3. The molecule has 4 nitrogen and oxygen atoms in total. The Balaban J connectivity index is 2.03. The Morgan fingerprint density at radius 3 is 3.18 bits per heavy atom. The molecule has 0 bridgehead atoms. The van der Waals surface area contributed by atoms with E-state index in [2.05, 4.69) is 28.2 Å². The summed E-state index contributed by atoms with van der Waals surface area (Å²) in [7, 11) is 0. The third-order valence-electron chi connectivity index (χ3n) is 2.88. The average Bonchev–Trinajstić information content (AvgIpc) is 2.65. The Hall–Kier alpha value is -1.29. The maximum absolute atomic E-state index is 5.61. The first kappa shape index (κ1) is 12.2. The van der Waals surface area contributed by atoms with Crippen LogP contribution in [0.4, 0.5) is 5.69 Å². The topological polar surface area (TPSA) is 37.4 Å². The van der Waals surface area contributed by atoms with E-state index >= 15 is 0 Å². The smallest absolute Gasteiger partial charge is 0.139 e. The van der Waals surface area contributed by atoms with Gasteiger partial charge >= 0.3 is 0 Å². The number of nitrogens with zero attached hydrogens (tertiary/aromatic N) is 2. The molecule has 1 fully saturated rings. The van der Waals surface area contributed by atoms with Crippen molar-refractivity contribution in [2.45, 2.75) is 19.8 Å². The van der Waals surface area contributed by atoms with Crippen LogP contribution in [0.5, 0.6) is 5.75 Å². The summed E-state index contributed by atoms with van der Waals surface area (Å²) in [5.41, 5.74) is 1.17. The number of hydrogen-bond acceptors (Lipinski definition) is 4. The van der Waals surface area contributed by atoms with Gasteiger partial charge in [-0.3, -0.25) is 4.98 Å². The third-order valence-corrected chi connectivity index (χ3v) is 2.88. The summed E-state index contributed by atoms with van der Waals surface area (Å²) in [6.45, 7) is 7.14. The van der Waals surface area contributed by atoms with Crippen LogP contribution in [0.15, 0.2) is 18.5 Å². The highest BCUT2D eigenvalue weighted by molar-refractivity contribution is 5.48. The normalized spacial score (nSPS) is 16.6. The van der Waals surface area contributed by atoms with Gasteiger partial charge in [0.1, 0.15) is 5.75 Å². The Labute approximate surface area is 103 Å². The van der Waals surface area contributed by atoms with Crippen LogP contribution < -0.4 is 15.0 Å². The average molecular weight is 235 g/mol. The molecule has 0 saturated carbocycles. The molecule has 0 amide bonds. The lowest BCUT2D eigenvalue weighted by molar-refractivity contribution is 0.316. The summed E-state index contributed by atoms with van der Waals surface area (Å²) < 4.78 is 5.61. The Morgan fingerprint density at radius 1 is 1.35 bits per heavy atom. The van der Waals surface area contributed by atoms with Gasteiger partial charge in [-0.1, -0.05) is 6.92 Å². The van der Waals surface area contributed by atoms with E-state index in [4.69, 9.17) is 4.74 Å². The molecule has 1 aromatic heterocycles. The van der Waals surface area contributed by atoms with E-state index in [-0.39, 0.29) is 0 Å². The maximum Gasteiger partial charge on any atom is 0.139 e. The van der Waals surface area contributed by atoms with Gasteiger partial charge < -0.3 is 15.0 Å². The molecule has 4 heteroatoms. The van der Waals surface area contributed by atoms with Crippen LogP contribution in [0.2, 0.25) is 0 Å². The fourth-order valence-corrected chi connectivity index (χ4v) is 1.98. The molecule has 1 aromatic rings. The molecule has 0 aliphatic carbocycles. The lowest BCUT2D eigenvalue weighted by Gasteiger charge is -2.22. The summed E-state index contributed by atoms with van der Waals surface area (Å²) in [5.74, 6) is 0.876. The van der Waals surface area contributed by atoms with Crippen LogP contribution in [0.3, 0.4) is 0 Å². The molecular formula is C13H21N3O. The van der Waals surface area contributed by atoms with E-state index in [1.165, 1.54) is 12.1 Å². The van der Waals surface area contributed by atoms with Crippen LogP contribution in [-0.2, 0) is 0 Å². The van der Waals surface area contributed by atoms with Crippen LogP contribution in [-0.4, -0.2) is 37.8 Å². The second kappa shape index (κ2) is 6.45. The maximum atomic E-state index is 5.61. The molecule has 1 N–H and O–H groups in total. The lowest BCUT2D eigenvalue weighted by Crippen LogP contribution is -2.27. The summed E-state index contributed by atoms with van der Waals surface area (Å²) in [4.78, 5) is 6.62. The first-order chi connectivity index (χ1) is 8.40. The van der Waals surface area contributed by atoms with Crippen molar-refractivity contribution in [2.24, 2.45) is 0 Å². The van der Waals surface area contributed by atoms with Crippen LogP contribution in [0.25, 0.3) is 0 Å². The predicted octanol–water partition coefficient (Wildman–Crippen LogP) is 1.67. The lowest BCUT2D eigenvalue weighted by atomic mass is 10.3. The van der Waals surface area contributed by atoms with Crippen molar-refractivity contribution in [3.8, 4) is 5.75 Å². The number of ether oxygens (including phenoxy) is 1. The minimum absolute atomic E-state index is 0.757. The Morgan fingerprint density at radius 2 is 2.29 bits per heavy atom. The van der Waals surface area contributed by atoms with Crippen LogP contribution in [0.1, 0.15) is 19.8 Å². The van der Waals surface area contributed by atoms with Gasteiger partial charge in [-0.15, -0.1) is 0 Å². The van der Waals surface area contributed by atoms with Gasteiger partial charge in [0, 0.05) is 25.7 Å². The quantitative estimate of drug-likeness (QED) is 0.861. The predicted molar refractivity (Wildman–Crippen MR) is 69.7 cm³/mol. The zero-order valence-electron chi connectivity index (χ0n) is 10.5. The zero-order valence-corrected chi connectivity index (χ0v) is 10.5. The van der Waals surface area contributed by atoms with Gasteiger partial charge in [-0.2, -0.15) is 0 Å². The fraction of sp³-hybridized carbons (Fsp3) is 0.615. The molecule has 0 atom stereocenters. The minimum atomic E-state index is 0.757. The van der Waals surface area contributed by atoms with Crippen molar-refractivity contribution in [2.75, 3.05) is 37.7 Å². The summed E-state index contributed by atoms with van der Waals surface area (Å²) in [5, 5.41) is 3.40. The summed E-state index contributed by atoms with van der Waals surface area (Å²) in [6.07, 6.45) is 5.91. The number of hydrogen-bond donors (Lipinski definition) is 1. The molecule has 0 spiro atoms. The number of nitrogens with one attached hydrogen (secondary N) is 1. The number of pyridine rings is 1. The van der Waals surface area contributed by atoms with Crippen LogP contribution in [0, 0.1) is 0 Å². The molecular weight excluding hydrogens is 214 g/mol. The molecule has 2 heterocycles. The number of anilines is 1. The summed E-state index contributed by atoms with van der Waals surface area (Å²) >= 11 is 0. The van der Waals surface area contributed by atoms with E-state index in [1.807, 2.05) is 6.20 Å². The largest absolute Gasteiger partial charge is 0.492 e. The van der Waals surface area contributed by atoms with Gasteiger partial charge in [-0.25, -0.2) is 0 Å². The van der Waals surface area contributed by atoms with E-state index in [1.54, 1.807) is 6.20 Å². The molecule has 0 radical (unpaired) electrons. The molecule has 1 aliphatic heterocycles. The second-order valence-electron chi connectivity index (χ2n) is 4.32. The first-order valence-corrected chi connectivity index (χ1v) is 6.43. The highest BCUT2D eigenvalue weighted by atomic mass is 16.5. The van der Waals surface area contributed by atoms with Crippen molar-refractivity contribution in [1.29, 1.82) is 0 Å². The summed E-state index contributed by atoms with van der Waals surface area (Å²) in [6, 6.07) is 2.09. The zero-order chi connectivity index (χ0) is 11.9.